The fourth-order valence-electron chi connectivity index (χ4n) is 5.49. The molecule has 1 aromatic heterocycles. The molecule has 0 aliphatic carbocycles. The van der Waals surface area contributed by atoms with Crippen LogP contribution in [-0.4, -0.2) is 125 Å². The Morgan fingerprint density at radius 2 is 1.82 bits per heavy atom. The number of ether oxygens (including phenoxy) is 5. The van der Waals surface area contributed by atoms with E-state index in [0.717, 1.165) is 30.0 Å². The minimum Gasteiger partial charge on any atom is -0.491 e. The Hall–Kier alpha value is -4.81. The van der Waals surface area contributed by atoms with Gasteiger partial charge in [0.05, 0.1) is 39.2 Å². The molecule has 32 heteroatoms. The highest BCUT2D eigenvalue weighted by Crippen LogP contribution is 2.66. The van der Waals surface area contributed by atoms with Crippen LogP contribution in [0.25, 0.3) is 10.4 Å². The van der Waals surface area contributed by atoms with E-state index in [0.29, 0.717) is 12.0 Å². The van der Waals surface area contributed by atoms with Gasteiger partial charge in [0, 0.05) is 42.6 Å². The topological polar surface area (TPSA) is 423 Å². The Morgan fingerprint density at radius 1 is 1.06 bits per heavy atom. The second-order valence-electron chi connectivity index (χ2n) is 13.4. The standard InChI is InChI=1S/C34H50N9O20P3/c1-2-3-4-10-28(44)38-12-13-39-32(46)23-7-5-9-25(16-23)58-21-30(41-42-36)57-15-14-56-20-29(45)37-11-6-8-24-18-43(34(48)40-33(24)47)31-17-26(59-22-35)27(61-31)19-60-65(52,53)63-66(54,55)62-64(49,50)51/h5,7,9,16,18,26-27,30-31H,2-4,10-15,17,19-22,35H2,1H3,(H,37,45)(H,38,44)(H,39,46)(H,52,53)(H,54,55)(H,40,47,48)(H2,49,50,51). The highest BCUT2D eigenvalue weighted by Gasteiger charge is 2.43. The molecule has 2 aromatic rings. The van der Waals surface area contributed by atoms with Crippen LogP contribution in [0.1, 0.15) is 61.2 Å². The minimum absolute atomic E-state index is 0.0779. The van der Waals surface area contributed by atoms with Crippen LogP contribution in [0, 0.1) is 11.8 Å². The Balaban J connectivity index is 1.43. The number of H-pyrrole nitrogens is 1. The number of nitrogens with two attached hydrogens (primary N) is 1. The lowest BCUT2D eigenvalue weighted by molar-refractivity contribution is -0.126. The third-order valence-electron chi connectivity index (χ3n) is 8.36. The average molecular weight is 998 g/mol. The molecule has 3 amide bonds. The van der Waals surface area contributed by atoms with Crippen LogP contribution in [-0.2, 0) is 55.4 Å². The number of hydrogen-bond acceptors (Lipinski definition) is 18. The van der Waals surface area contributed by atoms with Crippen LogP contribution in [0.4, 0.5) is 0 Å². The van der Waals surface area contributed by atoms with Gasteiger partial charge in [-0.15, -0.1) is 0 Å². The van der Waals surface area contributed by atoms with Crippen LogP contribution in [0.5, 0.6) is 5.75 Å². The van der Waals surface area contributed by atoms with Crippen molar-refractivity contribution in [2.24, 2.45) is 10.8 Å². The van der Waals surface area contributed by atoms with Gasteiger partial charge in [-0.2, -0.15) is 8.62 Å². The zero-order chi connectivity index (χ0) is 48.8. The summed E-state index contributed by atoms with van der Waals surface area (Å²) in [5.41, 5.74) is 12.6. The first-order chi connectivity index (χ1) is 31.2. The third-order valence-corrected chi connectivity index (χ3v) is 12.2. The number of carbonyl (C=O) groups is 3. The molecule has 1 aromatic carbocycles. The van der Waals surface area contributed by atoms with Gasteiger partial charge in [-0.05, 0) is 30.2 Å². The fourth-order valence-corrected chi connectivity index (χ4v) is 8.52. The van der Waals surface area contributed by atoms with Crippen LogP contribution >= 0.6 is 23.5 Å². The number of phosphoric ester groups is 1. The van der Waals surface area contributed by atoms with E-state index in [2.05, 4.69) is 51.0 Å². The second kappa shape index (κ2) is 27.7. The van der Waals surface area contributed by atoms with Crippen LogP contribution in [0.2, 0.25) is 0 Å². The lowest BCUT2D eigenvalue weighted by Crippen LogP contribution is -2.34. The largest absolute Gasteiger partial charge is 0.491 e. The Kier molecular flexibility index (Phi) is 23.3. The van der Waals surface area contributed by atoms with Gasteiger partial charge in [0.25, 0.3) is 11.5 Å². The van der Waals surface area contributed by atoms with Crippen molar-refractivity contribution in [3.05, 3.63) is 72.9 Å². The first kappa shape index (κ1) is 55.5. The molecule has 3 rings (SSSR count). The number of carbonyl (C=O) groups excluding carboxylic acids is 3. The van der Waals surface area contributed by atoms with E-state index in [1.807, 2.05) is 11.9 Å². The summed E-state index contributed by atoms with van der Waals surface area (Å²) in [6.45, 7) is 0.0621. The molecule has 1 saturated heterocycles. The number of azide groups is 1. The number of benzene rings is 1. The number of aromatic nitrogens is 2. The number of nitrogens with one attached hydrogen (secondary N) is 4. The molecule has 0 bridgehead atoms. The highest BCUT2D eigenvalue weighted by atomic mass is 31.3. The van der Waals surface area contributed by atoms with Crippen LogP contribution in [0.15, 0.2) is 45.2 Å². The molecule has 6 atom stereocenters. The molecule has 2 heterocycles. The quantitative estimate of drug-likeness (QED) is 0.00993. The molecule has 1 aliphatic heterocycles. The van der Waals surface area contributed by atoms with Gasteiger partial charge in [0.1, 0.15) is 36.9 Å². The molecule has 0 radical (unpaired) electrons. The monoisotopic (exact) mass is 997 g/mol. The smallest absolute Gasteiger partial charge is 0.490 e. The number of aromatic amines is 1. The van der Waals surface area contributed by atoms with Crippen molar-refractivity contribution in [3.8, 4) is 17.6 Å². The predicted molar refractivity (Wildman–Crippen MR) is 225 cm³/mol. The molecule has 10 N–H and O–H groups in total. The van der Waals surface area contributed by atoms with E-state index >= 15 is 0 Å². The molecule has 66 heavy (non-hydrogen) atoms. The van der Waals surface area contributed by atoms with Crippen molar-refractivity contribution in [2.45, 2.75) is 63.7 Å². The number of phosphoric acid groups is 3. The molecule has 6 unspecified atom stereocenters. The summed E-state index contributed by atoms with van der Waals surface area (Å²) in [5.74, 6) is 4.25. The predicted octanol–water partition coefficient (Wildman–Crippen LogP) is 0.111. The van der Waals surface area contributed by atoms with Gasteiger partial charge >= 0.3 is 29.2 Å². The minimum atomic E-state index is -5.80. The van der Waals surface area contributed by atoms with Gasteiger partial charge in [-0.1, -0.05) is 42.8 Å². The number of amides is 3. The average Bonchev–Trinajstić information content (AvgIpc) is 3.63. The molecular weight excluding hydrogens is 947 g/mol. The second-order valence-corrected chi connectivity index (χ2v) is 17.8. The van der Waals surface area contributed by atoms with Crippen molar-refractivity contribution in [2.75, 3.05) is 59.4 Å². The van der Waals surface area contributed by atoms with Crippen molar-refractivity contribution in [1.82, 2.24) is 25.5 Å². The zero-order valence-corrected chi connectivity index (χ0v) is 37.8. The van der Waals surface area contributed by atoms with Gasteiger partial charge in [-0.25, -0.2) is 18.5 Å². The molecule has 1 fully saturated rings. The third kappa shape index (κ3) is 21.2. The number of nitrogens with zero attached hydrogens (tertiary/aromatic N) is 4. The van der Waals surface area contributed by atoms with E-state index in [1.165, 1.54) is 6.07 Å². The Labute approximate surface area is 375 Å². The molecule has 366 valence electrons. The van der Waals surface area contributed by atoms with Crippen LogP contribution < -0.4 is 37.7 Å². The Bertz CT molecular complexity index is 2330. The van der Waals surface area contributed by atoms with E-state index in [4.69, 9.17) is 44.7 Å². The summed E-state index contributed by atoms with van der Waals surface area (Å²) >= 11 is 0. The van der Waals surface area contributed by atoms with E-state index < -0.39 is 85.2 Å². The maximum absolute atomic E-state index is 12.7. The lowest BCUT2D eigenvalue weighted by Gasteiger charge is -2.20. The SMILES string of the molecule is CCCCCC(=O)NCCNC(=O)c1cccc(OCC(N=[N+]=[N-])OCCOCC(=O)NCC#Cc2cn(C3CC(OCN)C(COP(=O)(O)OP(=O)(O)OP(=O)(O)O)O3)c(=O)[nH]c2=O)c1. The summed E-state index contributed by atoms with van der Waals surface area (Å²) in [4.78, 5) is 103. The zero-order valence-electron chi connectivity index (χ0n) is 35.1. The van der Waals surface area contributed by atoms with Gasteiger partial charge in [0.2, 0.25) is 11.8 Å². The van der Waals surface area contributed by atoms with E-state index in [9.17, 15) is 47.5 Å². The summed E-state index contributed by atoms with van der Waals surface area (Å²) in [7, 11) is -17.0. The highest BCUT2D eigenvalue weighted by molar-refractivity contribution is 7.66. The van der Waals surface area contributed by atoms with Crippen molar-refractivity contribution >= 4 is 41.2 Å². The van der Waals surface area contributed by atoms with Gasteiger partial charge in [0.15, 0.2) is 6.23 Å². The lowest BCUT2D eigenvalue weighted by atomic mass is 10.2. The Morgan fingerprint density at radius 3 is 2.53 bits per heavy atom. The molecule has 29 nitrogen and oxygen atoms in total. The molecule has 1 aliphatic rings. The summed E-state index contributed by atoms with van der Waals surface area (Å²) in [6, 6.07) is 6.23. The van der Waals surface area contributed by atoms with Crippen molar-refractivity contribution in [3.63, 3.8) is 0 Å². The summed E-state index contributed by atoms with van der Waals surface area (Å²) in [5, 5.41) is 11.4. The normalized spacial score (nSPS) is 18.1. The maximum atomic E-state index is 12.7. The molecule has 0 spiro atoms. The molecular formula is C34H50N9O20P3. The van der Waals surface area contributed by atoms with Gasteiger partial charge in [-0.3, -0.25) is 33.3 Å². The van der Waals surface area contributed by atoms with E-state index in [1.54, 1.807) is 18.2 Å². The van der Waals surface area contributed by atoms with Crippen molar-refractivity contribution < 1.29 is 84.5 Å². The van der Waals surface area contributed by atoms with E-state index in [-0.39, 0.29) is 69.0 Å². The van der Waals surface area contributed by atoms with Gasteiger partial charge < -0.3 is 64.9 Å². The summed E-state index contributed by atoms with van der Waals surface area (Å²) < 4.78 is 74.9. The number of unbranched alkanes of at least 4 members (excludes halogenated alkanes) is 2. The number of rotatable bonds is 29. The first-order valence-corrected chi connectivity index (χ1v) is 24.1. The summed E-state index contributed by atoms with van der Waals surface area (Å²) in [6.07, 6.45) is -0.604. The van der Waals surface area contributed by atoms with Crippen LogP contribution in [0.3, 0.4) is 0 Å². The van der Waals surface area contributed by atoms with Crippen molar-refractivity contribution in [1.29, 1.82) is 0 Å². The fraction of sp³-hybridized carbons (Fsp3) is 0.559. The molecule has 0 saturated carbocycles. The number of hydrogen-bond donors (Lipinski definition) is 9. The maximum Gasteiger partial charge on any atom is 0.490 e. The first-order valence-electron chi connectivity index (χ1n) is 19.6.